The average Bonchev–Trinajstić information content (AvgIpc) is 3.41. The number of nitrogens with two attached hydrogens (primary N) is 1. The van der Waals surface area contributed by atoms with Crippen molar-refractivity contribution in [2.75, 3.05) is 19.6 Å². The number of nitrogens with zero attached hydrogens (tertiary/aromatic N) is 2. The van der Waals surface area contributed by atoms with E-state index in [1.807, 2.05) is 34.5 Å². The minimum atomic E-state index is -0.0251. The molecule has 1 aliphatic heterocycles. The van der Waals surface area contributed by atoms with Crippen LogP contribution in [0, 0.1) is 5.92 Å². The van der Waals surface area contributed by atoms with Gasteiger partial charge in [0.2, 0.25) is 0 Å². The van der Waals surface area contributed by atoms with E-state index >= 15 is 0 Å². The molecule has 27 heavy (non-hydrogen) atoms. The van der Waals surface area contributed by atoms with Gasteiger partial charge in [-0.05, 0) is 24.1 Å². The van der Waals surface area contributed by atoms with E-state index in [1.54, 1.807) is 12.5 Å². The molecule has 0 unspecified atom stereocenters. The summed E-state index contributed by atoms with van der Waals surface area (Å²) in [6, 6.07) is 12.1. The largest absolute Gasteiger partial charge is 0.472 e. The van der Waals surface area contributed by atoms with Crippen molar-refractivity contribution in [3.8, 4) is 10.6 Å². The van der Waals surface area contributed by atoms with Crippen LogP contribution in [-0.2, 0) is 0 Å². The van der Waals surface area contributed by atoms with Crippen molar-refractivity contribution in [1.29, 1.82) is 0 Å². The fourth-order valence-corrected chi connectivity index (χ4v) is 4.19. The van der Waals surface area contributed by atoms with Gasteiger partial charge < -0.3 is 15.1 Å². The van der Waals surface area contributed by atoms with Crippen LogP contribution in [0.1, 0.15) is 22.0 Å². The van der Waals surface area contributed by atoms with E-state index in [9.17, 15) is 4.79 Å². The Morgan fingerprint density at radius 2 is 2.00 bits per heavy atom. The Hall–Kier alpha value is -1.86. The fraction of sp³-hybridized carbons (Fsp3) is 0.263. The van der Waals surface area contributed by atoms with Crippen LogP contribution in [0.2, 0.25) is 0 Å². The number of halogens is 2. The summed E-state index contributed by atoms with van der Waals surface area (Å²) in [6.07, 6.45) is 3.24. The molecule has 0 aliphatic carbocycles. The Morgan fingerprint density at radius 1 is 1.22 bits per heavy atom. The second kappa shape index (κ2) is 9.37. The fourth-order valence-electron chi connectivity index (χ4n) is 3.41. The summed E-state index contributed by atoms with van der Waals surface area (Å²) in [5, 5.41) is 2.61. The van der Waals surface area contributed by atoms with E-state index in [4.69, 9.17) is 10.2 Å². The van der Waals surface area contributed by atoms with E-state index in [1.165, 1.54) is 16.9 Å². The molecular formula is C19H21Cl2N3O2S. The van der Waals surface area contributed by atoms with Crippen LogP contribution in [-0.4, -0.2) is 35.4 Å². The third kappa shape index (κ3) is 4.35. The maximum absolute atomic E-state index is 12.9. The third-order valence-corrected chi connectivity index (χ3v) is 5.64. The van der Waals surface area contributed by atoms with Crippen LogP contribution in [0.3, 0.4) is 0 Å². The molecule has 1 amide bonds. The van der Waals surface area contributed by atoms with Crippen LogP contribution in [0.25, 0.3) is 10.6 Å². The Balaban J connectivity index is 0.00000131. The molecule has 1 aromatic carbocycles. The molecule has 1 fully saturated rings. The number of aromatic nitrogens is 1. The molecule has 2 atom stereocenters. The molecule has 2 N–H and O–H groups in total. The monoisotopic (exact) mass is 425 g/mol. The number of carbonyl (C=O) groups excluding carboxylic acids is 1. The minimum Gasteiger partial charge on any atom is -0.472 e. The molecule has 2 aromatic heterocycles. The number of rotatable bonds is 4. The van der Waals surface area contributed by atoms with Gasteiger partial charge in [0, 0.05) is 30.0 Å². The van der Waals surface area contributed by atoms with Crippen molar-refractivity contribution < 1.29 is 9.21 Å². The number of benzene rings is 1. The quantitative estimate of drug-likeness (QED) is 0.683. The number of amides is 1. The Morgan fingerprint density at radius 3 is 2.67 bits per heavy atom. The van der Waals surface area contributed by atoms with Crippen LogP contribution in [0.5, 0.6) is 0 Å². The van der Waals surface area contributed by atoms with Gasteiger partial charge in [-0.3, -0.25) is 4.79 Å². The van der Waals surface area contributed by atoms with Gasteiger partial charge in [0.05, 0.1) is 6.26 Å². The van der Waals surface area contributed by atoms with Gasteiger partial charge >= 0.3 is 0 Å². The lowest BCUT2D eigenvalue weighted by atomic mass is 9.89. The van der Waals surface area contributed by atoms with Crippen LogP contribution in [0.15, 0.2) is 58.7 Å². The highest BCUT2D eigenvalue weighted by Crippen LogP contribution is 2.33. The molecule has 0 saturated carbocycles. The zero-order valence-corrected chi connectivity index (χ0v) is 16.9. The van der Waals surface area contributed by atoms with Crippen molar-refractivity contribution in [3.05, 3.63) is 65.6 Å². The number of hydrogen-bond donors (Lipinski definition) is 1. The van der Waals surface area contributed by atoms with Crippen LogP contribution >= 0.6 is 36.2 Å². The molecule has 0 bridgehead atoms. The summed E-state index contributed by atoms with van der Waals surface area (Å²) >= 11 is 1.45. The molecule has 3 aromatic rings. The number of hydrogen-bond acceptors (Lipinski definition) is 5. The van der Waals surface area contributed by atoms with Crippen molar-refractivity contribution in [2.24, 2.45) is 11.7 Å². The summed E-state index contributed by atoms with van der Waals surface area (Å²) < 4.78 is 5.09. The van der Waals surface area contributed by atoms with Gasteiger partial charge in [-0.1, -0.05) is 30.3 Å². The molecule has 5 nitrogen and oxygen atoms in total. The second-order valence-corrected chi connectivity index (χ2v) is 7.13. The van der Waals surface area contributed by atoms with Gasteiger partial charge in [-0.25, -0.2) is 4.98 Å². The van der Waals surface area contributed by atoms with Gasteiger partial charge in [-0.15, -0.1) is 36.2 Å². The summed E-state index contributed by atoms with van der Waals surface area (Å²) in [6.45, 7) is 1.93. The maximum atomic E-state index is 12.9. The van der Waals surface area contributed by atoms with Crippen molar-refractivity contribution in [2.45, 2.75) is 5.92 Å². The molecular weight excluding hydrogens is 405 g/mol. The Bertz CT molecular complexity index is 855. The minimum absolute atomic E-state index is 0. The van der Waals surface area contributed by atoms with Gasteiger partial charge in [0.25, 0.3) is 5.91 Å². The lowest BCUT2D eigenvalue weighted by molar-refractivity contribution is 0.0781. The second-order valence-electron chi connectivity index (χ2n) is 6.27. The van der Waals surface area contributed by atoms with E-state index in [2.05, 4.69) is 17.1 Å². The molecule has 144 valence electrons. The molecule has 0 radical (unpaired) electrons. The predicted octanol–water partition coefficient (Wildman–Crippen LogP) is 4.06. The molecule has 1 saturated heterocycles. The maximum Gasteiger partial charge on any atom is 0.273 e. The number of thiazole rings is 1. The third-order valence-electron chi connectivity index (χ3n) is 4.75. The van der Waals surface area contributed by atoms with Crippen LogP contribution in [0.4, 0.5) is 0 Å². The molecule has 0 spiro atoms. The van der Waals surface area contributed by atoms with Crippen molar-refractivity contribution in [3.63, 3.8) is 0 Å². The van der Waals surface area contributed by atoms with E-state index in [0.717, 1.165) is 10.6 Å². The first-order valence-corrected chi connectivity index (χ1v) is 9.16. The summed E-state index contributed by atoms with van der Waals surface area (Å²) in [5.41, 5.74) is 8.60. The zero-order valence-electron chi connectivity index (χ0n) is 14.5. The van der Waals surface area contributed by atoms with Gasteiger partial charge in [-0.2, -0.15) is 0 Å². The smallest absolute Gasteiger partial charge is 0.273 e. The van der Waals surface area contributed by atoms with Gasteiger partial charge in [0.1, 0.15) is 17.0 Å². The molecule has 8 heteroatoms. The summed E-state index contributed by atoms with van der Waals surface area (Å²) in [7, 11) is 0. The summed E-state index contributed by atoms with van der Waals surface area (Å²) in [4.78, 5) is 19.2. The van der Waals surface area contributed by atoms with Crippen molar-refractivity contribution >= 4 is 42.1 Å². The lowest BCUT2D eigenvalue weighted by Gasteiger charge is -2.16. The molecule has 4 rings (SSSR count). The van der Waals surface area contributed by atoms with E-state index in [-0.39, 0.29) is 42.6 Å². The number of furan rings is 1. The highest BCUT2D eigenvalue weighted by molar-refractivity contribution is 7.13. The zero-order chi connectivity index (χ0) is 17.2. The topological polar surface area (TPSA) is 72.4 Å². The summed E-state index contributed by atoms with van der Waals surface area (Å²) in [5.74, 6) is 0.531. The molecule has 1 aliphatic rings. The lowest BCUT2D eigenvalue weighted by Crippen LogP contribution is -2.30. The van der Waals surface area contributed by atoms with E-state index < -0.39 is 0 Å². The first-order chi connectivity index (χ1) is 12.3. The van der Waals surface area contributed by atoms with Crippen LogP contribution < -0.4 is 5.73 Å². The standard InChI is InChI=1S/C19H19N3O2S.2ClH/c20-8-15-9-22(10-16(15)13-4-2-1-3-5-13)19(23)17-12-25-18(21-17)14-6-7-24-11-14;;/h1-7,11-12,15-16H,8-10,20H2;2*1H/t15-,16+;;/m1../s1. The highest BCUT2D eigenvalue weighted by Gasteiger charge is 2.36. The Kier molecular flexibility index (Phi) is 7.44. The average molecular weight is 426 g/mol. The number of likely N-dealkylation sites (tertiary alicyclic amines) is 1. The van der Waals surface area contributed by atoms with Gasteiger partial charge in [0.15, 0.2) is 0 Å². The normalized spacial score (nSPS) is 18.6. The SMILES string of the molecule is Cl.Cl.NC[C@@H]1CN(C(=O)c2csc(-c3ccoc3)n2)C[C@H]1c1ccccc1. The Labute approximate surface area is 174 Å². The van der Waals surface area contributed by atoms with E-state index in [0.29, 0.717) is 25.3 Å². The predicted molar refractivity (Wildman–Crippen MR) is 112 cm³/mol. The van der Waals surface area contributed by atoms with Crippen molar-refractivity contribution in [1.82, 2.24) is 9.88 Å². The number of carbonyl (C=O) groups is 1. The first kappa shape index (κ1) is 21.4. The highest BCUT2D eigenvalue weighted by atomic mass is 35.5. The molecule has 3 heterocycles. The first-order valence-electron chi connectivity index (χ1n) is 8.28.